The summed E-state index contributed by atoms with van der Waals surface area (Å²) < 4.78 is 92.3. The van der Waals surface area contributed by atoms with Gasteiger partial charge in [0.15, 0.2) is 0 Å². The van der Waals surface area contributed by atoms with Crippen LogP contribution in [0.4, 0.5) is 30.7 Å². The lowest BCUT2D eigenvalue weighted by Gasteiger charge is -2.54. The number of piperidine rings is 1. The molecule has 0 aromatic heterocycles. The van der Waals surface area contributed by atoms with Gasteiger partial charge in [-0.2, -0.15) is 26.3 Å². The first-order valence-electron chi connectivity index (χ1n) is 12.8. The molecular formula is C28H31F7N2O. The Balaban J connectivity index is 1.37. The third-order valence-corrected chi connectivity index (χ3v) is 8.25. The molecule has 0 bridgehead atoms. The van der Waals surface area contributed by atoms with Gasteiger partial charge in [0.1, 0.15) is 5.82 Å². The van der Waals surface area contributed by atoms with Crippen LogP contribution in [0.2, 0.25) is 0 Å². The van der Waals surface area contributed by atoms with Crippen molar-refractivity contribution >= 4 is 5.91 Å². The Morgan fingerprint density at radius 3 is 1.95 bits per heavy atom. The molecule has 38 heavy (non-hydrogen) atoms. The van der Waals surface area contributed by atoms with Crippen molar-refractivity contribution in [3.8, 4) is 0 Å². The number of nitrogens with one attached hydrogen (secondary N) is 1. The van der Waals surface area contributed by atoms with E-state index < -0.39 is 35.4 Å². The first-order valence-corrected chi connectivity index (χ1v) is 12.8. The highest BCUT2D eigenvalue weighted by atomic mass is 19.4. The second-order valence-corrected chi connectivity index (χ2v) is 10.8. The number of alkyl halides is 6. The molecule has 0 spiro atoms. The molecule has 0 atom stereocenters. The molecule has 2 fully saturated rings. The molecule has 1 saturated carbocycles. The van der Waals surface area contributed by atoms with Gasteiger partial charge in [-0.05, 0) is 92.1 Å². The quantitative estimate of drug-likeness (QED) is 0.392. The van der Waals surface area contributed by atoms with Gasteiger partial charge < -0.3 is 10.2 Å². The van der Waals surface area contributed by atoms with Crippen LogP contribution in [-0.2, 0) is 23.7 Å². The third-order valence-electron chi connectivity index (χ3n) is 8.25. The van der Waals surface area contributed by atoms with Gasteiger partial charge in [0.25, 0.3) is 0 Å². The molecule has 1 N–H and O–H groups in total. The average molecular weight is 545 g/mol. The highest BCUT2D eigenvalue weighted by Crippen LogP contribution is 2.50. The van der Waals surface area contributed by atoms with Crippen molar-refractivity contribution in [3.63, 3.8) is 0 Å². The molecule has 2 aromatic carbocycles. The molecule has 1 aliphatic heterocycles. The van der Waals surface area contributed by atoms with E-state index in [0.29, 0.717) is 30.9 Å². The summed E-state index contributed by atoms with van der Waals surface area (Å²) in [6.45, 7) is 5.07. The van der Waals surface area contributed by atoms with E-state index >= 15 is 0 Å². The number of amides is 1. The van der Waals surface area contributed by atoms with E-state index in [2.05, 4.69) is 10.2 Å². The van der Waals surface area contributed by atoms with Gasteiger partial charge >= 0.3 is 12.4 Å². The van der Waals surface area contributed by atoms with Crippen LogP contribution in [0.25, 0.3) is 0 Å². The predicted molar refractivity (Wildman–Crippen MR) is 129 cm³/mol. The van der Waals surface area contributed by atoms with Gasteiger partial charge in [0.05, 0.1) is 16.5 Å². The van der Waals surface area contributed by atoms with Gasteiger partial charge in [0, 0.05) is 12.6 Å². The molecule has 1 aliphatic carbocycles. The molecule has 208 valence electrons. The fraction of sp³-hybridized carbons (Fsp3) is 0.536. The smallest absolute Gasteiger partial charge is 0.352 e. The summed E-state index contributed by atoms with van der Waals surface area (Å²) in [5.74, 6) is -0.324. The van der Waals surface area contributed by atoms with Crippen LogP contribution < -0.4 is 5.32 Å². The summed E-state index contributed by atoms with van der Waals surface area (Å²) in [5, 5.41) is 2.61. The normalized spacial score (nSPS) is 23.4. The summed E-state index contributed by atoms with van der Waals surface area (Å²) in [7, 11) is 0. The monoisotopic (exact) mass is 544 g/mol. The number of hydrogen-bond acceptors (Lipinski definition) is 2. The van der Waals surface area contributed by atoms with Crippen LogP contribution in [-0.4, -0.2) is 29.9 Å². The fourth-order valence-corrected chi connectivity index (χ4v) is 5.77. The predicted octanol–water partition coefficient (Wildman–Crippen LogP) is 7.16. The zero-order chi connectivity index (χ0) is 27.9. The first kappa shape index (κ1) is 28.4. The maximum absolute atomic E-state index is 13.2. The molecular weight excluding hydrogens is 513 g/mol. The number of carbonyl (C=O) groups is 1. The van der Waals surface area contributed by atoms with Crippen LogP contribution in [0.15, 0.2) is 42.5 Å². The van der Waals surface area contributed by atoms with Crippen LogP contribution in [0.3, 0.4) is 0 Å². The molecule has 3 nitrogen and oxygen atoms in total. The highest BCUT2D eigenvalue weighted by molar-refractivity contribution is 5.84. The van der Waals surface area contributed by atoms with Crippen molar-refractivity contribution in [1.82, 2.24) is 10.2 Å². The van der Waals surface area contributed by atoms with Gasteiger partial charge in [0.2, 0.25) is 5.91 Å². The lowest BCUT2D eigenvalue weighted by molar-refractivity contribution is -0.147. The van der Waals surface area contributed by atoms with E-state index in [4.69, 9.17) is 0 Å². The molecule has 0 unspecified atom stereocenters. The van der Waals surface area contributed by atoms with E-state index in [-0.39, 0.29) is 35.3 Å². The Bertz CT molecular complexity index is 1100. The molecule has 1 heterocycles. The number of rotatable bonds is 6. The van der Waals surface area contributed by atoms with Crippen molar-refractivity contribution in [1.29, 1.82) is 0 Å². The molecule has 0 radical (unpaired) electrons. The van der Waals surface area contributed by atoms with E-state index in [1.54, 1.807) is 0 Å². The van der Waals surface area contributed by atoms with Crippen molar-refractivity contribution in [3.05, 3.63) is 70.5 Å². The number of benzene rings is 2. The van der Waals surface area contributed by atoms with Crippen LogP contribution in [0.1, 0.15) is 67.7 Å². The number of carbonyl (C=O) groups excluding carboxylic acids is 1. The van der Waals surface area contributed by atoms with E-state index in [1.165, 1.54) is 12.1 Å². The van der Waals surface area contributed by atoms with Crippen LogP contribution in [0, 0.1) is 17.2 Å². The highest BCUT2D eigenvalue weighted by Gasteiger charge is 2.53. The van der Waals surface area contributed by atoms with Crippen molar-refractivity contribution in [2.24, 2.45) is 11.3 Å². The first-order chi connectivity index (χ1) is 17.7. The molecule has 4 rings (SSSR count). The Morgan fingerprint density at radius 1 is 0.947 bits per heavy atom. The average Bonchev–Trinajstić information content (AvgIpc) is 2.81. The fourth-order valence-electron chi connectivity index (χ4n) is 5.77. The molecule has 2 aliphatic rings. The summed E-state index contributed by atoms with van der Waals surface area (Å²) in [5.41, 5.74) is -2.67. The zero-order valence-corrected chi connectivity index (χ0v) is 21.2. The zero-order valence-electron chi connectivity index (χ0n) is 21.2. The second-order valence-electron chi connectivity index (χ2n) is 10.8. The molecule has 2 aromatic rings. The summed E-state index contributed by atoms with van der Waals surface area (Å²) >= 11 is 0. The maximum atomic E-state index is 13.2. The Kier molecular flexibility index (Phi) is 7.85. The summed E-state index contributed by atoms with van der Waals surface area (Å²) in [6.07, 6.45) is -6.89. The lowest BCUT2D eigenvalue weighted by atomic mass is 9.58. The number of hydrogen-bond donors (Lipinski definition) is 1. The molecule has 10 heteroatoms. The topological polar surface area (TPSA) is 32.3 Å². The Morgan fingerprint density at radius 2 is 1.47 bits per heavy atom. The van der Waals surface area contributed by atoms with Crippen molar-refractivity contribution in [2.45, 2.75) is 70.4 Å². The number of nitrogens with zero attached hydrogens (tertiary/aromatic N) is 1. The largest absolute Gasteiger partial charge is 0.416 e. The summed E-state index contributed by atoms with van der Waals surface area (Å²) in [6, 6.07) is 8.11. The Hall–Kier alpha value is -2.62. The number of likely N-dealkylation sites (tertiary alicyclic amines) is 1. The second kappa shape index (κ2) is 10.5. The van der Waals surface area contributed by atoms with Crippen LogP contribution >= 0.6 is 0 Å². The molecule has 1 saturated heterocycles. The minimum absolute atomic E-state index is 0.0530. The molecule has 1 amide bonds. The van der Waals surface area contributed by atoms with E-state index in [9.17, 15) is 35.5 Å². The standard InChI is InChI=1S/C28H31F7N2O/c1-17(2)26(14-24(15-26)37-9-7-20(8-10-37)19-3-5-23(29)6-4-19)25(38)36-16-18-11-21(27(30,31)32)13-22(12-18)28(33,34)35/h3-6,11-13,17,20,24H,7-10,14-16H2,1-2H3,(H,36,38). The minimum Gasteiger partial charge on any atom is -0.352 e. The van der Waals surface area contributed by atoms with Gasteiger partial charge in [-0.1, -0.05) is 26.0 Å². The number of halogens is 7. The third kappa shape index (κ3) is 6.00. The van der Waals surface area contributed by atoms with Gasteiger partial charge in [-0.3, -0.25) is 4.79 Å². The Labute approximate surface area is 217 Å². The summed E-state index contributed by atoms with van der Waals surface area (Å²) in [4.78, 5) is 15.6. The van der Waals surface area contributed by atoms with Crippen molar-refractivity contribution < 1.29 is 35.5 Å². The van der Waals surface area contributed by atoms with E-state index in [1.807, 2.05) is 26.0 Å². The van der Waals surface area contributed by atoms with Crippen LogP contribution in [0.5, 0.6) is 0 Å². The van der Waals surface area contributed by atoms with Gasteiger partial charge in [-0.25, -0.2) is 4.39 Å². The lowest BCUT2D eigenvalue weighted by Crippen LogP contribution is -2.60. The maximum Gasteiger partial charge on any atom is 0.416 e. The van der Waals surface area contributed by atoms with Gasteiger partial charge in [-0.15, -0.1) is 0 Å². The minimum atomic E-state index is -4.94. The van der Waals surface area contributed by atoms with E-state index in [0.717, 1.165) is 31.5 Å². The SMILES string of the molecule is CC(C)C1(C(=O)NCc2cc(C(F)(F)F)cc(C(F)(F)F)c2)CC(N2CCC(c3ccc(F)cc3)CC2)C1. The van der Waals surface area contributed by atoms with Crippen molar-refractivity contribution in [2.75, 3.05) is 13.1 Å².